The molecule has 3 nitrogen and oxygen atoms in total. The standard InChI is InChI=1S/C12H20N2O/c1-2-10-13-12(7-8-12)11(15)14(10)9-5-3-4-6-9/h9-10,13H,2-8H2,1H3. The summed E-state index contributed by atoms with van der Waals surface area (Å²) in [6.07, 6.45) is 8.54. The van der Waals surface area contributed by atoms with E-state index in [1.54, 1.807) is 0 Å². The predicted molar refractivity (Wildman–Crippen MR) is 58.3 cm³/mol. The molecule has 2 saturated carbocycles. The van der Waals surface area contributed by atoms with Crippen LogP contribution in [0.25, 0.3) is 0 Å². The summed E-state index contributed by atoms with van der Waals surface area (Å²) in [5, 5.41) is 3.54. The van der Waals surface area contributed by atoms with Gasteiger partial charge in [0.2, 0.25) is 5.91 Å². The lowest BCUT2D eigenvalue weighted by atomic mass is 10.2. The van der Waals surface area contributed by atoms with Crippen molar-refractivity contribution in [1.29, 1.82) is 0 Å². The summed E-state index contributed by atoms with van der Waals surface area (Å²) in [5.41, 5.74) is -0.108. The number of carbonyl (C=O) groups excluding carboxylic acids is 1. The van der Waals surface area contributed by atoms with Crippen molar-refractivity contribution < 1.29 is 4.79 Å². The molecule has 15 heavy (non-hydrogen) atoms. The van der Waals surface area contributed by atoms with E-state index < -0.39 is 0 Å². The zero-order valence-corrected chi connectivity index (χ0v) is 9.46. The van der Waals surface area contributed by atoms with Crippen molar-refractivity contribution in [3.05, 3.63) is 0 Å². The minimum Gasteiger partial charge on any atom is -0.323 e. The van der Waals surface area contributed by atoms with Crippen molar-refractivity contribution in [2.24, 2.45) is 0 Å². The third kappa shape index (κ3) is 1.32. The highest BCUT2D eigenvalue weighted by Gasteiger charge is 2.59. The van der Waals surface area contributed by atoms with Crippen LogP contribution in [0.15, 0.2) is 0 Å². The molecular weight excluding hydrogens is 188 g/mol. The van der Waals surface area contributed by atoms with Gasteiger partial charge in [0.15, 0.2) is 0 Å². The summed E-state index contributed by atoms with van der Waals surface area (Å²) < 4.78 is 0. The van der Waals surface area contributed by atoms with Crippen molar-refractivity contribution in [3.63, 3.8) is 0 Å². The van der Waals surface area contributed by atoms with Crippen molar-refractivity contribution in [1.82, 2.24) is 10.2 Å². The van der Waals surface area contributed by atoms with E-state index in [9.17, 15) is 4.79 Å². The molecule has 3 aliphatic rings. The minimum atomic E-state index is -0.108. The van der Waals surface area contributed by atoms with E-state index in [0.29, 0.717) is 18.1 Å². The number of carbonyl (C=O) groups is 1. The maximum atomic E-state index is 12.3. The summed E-state index contributed by atoms with van der Waals surface area (Å²) in [6.45, 7) is 2.17. The van der Waals surface area contributed by atoms with E-state index in [4.69, 9.17) is 0 Å². The number of hydrogen-bond acceptors (Lipinski definition) is 2. The molecule has 3 fully saturated rings. The van der Waals surface area contributed by atoms with E-state index in [1.165, 1.54) is 25.7 Å². The summed E-state index contributed by atoms with van der Waals surface area (Å²) in [4.78, 5) is 14.5. The van der Waals surface area contributed by atoms with Crippen LogP contribution in [0.1, 0.15) is 51.9 Å². The third-order valence-corrected chi connectivity index (χ3v) is 4.28. The molecule has 0 aromatic rings. The predicted octanol–water partition coefficient (Wildman–Crippen LogP) is 1.63. The fourth-order valence-electron chi connectivity index (χ4n) is 3.22. The molecule has 1 N–H and O–H groups in total. The van der Waals surface area contributed by atoms with Crippen LogP contribution in [0.5, 0.6) is 0 Å². The lowest BCUT2D eigenvalue weighted by molar-refractivity contribution is -0.132. The van der Waals surface area contributed by atoms with Crippen LogP contribution in [-0.2, 0) is 4.79 Å². The molecule has 1 amide bonds. The number of rotatable bonds is 2. The van der Waals surface area contributed by atoms with Gasteiger partial charge in [-0.1, -0.05) is 19.8 Å². The fraction of sp³-hybridized carbons (Fsp3) is 0.917. The fourth-order valence-corrected chi connectivity index (χ4v) is 3.22. The van der Waals surface area contributed by atoms with E-state index >= 15 is 0 Å². The highest BCUT2D eigenvalue weighted by atomic mass is 16.2. The zero-order valence-electron chi connectivity index (χ0n) is 9.46. The number of nitrogens with one attached hydrogen (secondary N) is 1. The molecule has 0 radical (unpaired) electrons. The molecular formula is C12H20N2O. The van der Waals surface area contributed by atoms with Crippen LogP contribution in [0.3, 0.4) is 0 Å². The van der Waals surface area contributed by atoms with Crippen LogP contribution in [0.4, 0.5) is 0 Å². The Hall–Kier alpha value is -0.570. The van der Waals surface area contributed by atoms with Gasteiger partial charge in [0.05, 0.1) is 11.7 Å². The van der Waals surface area contributed by atoms with Crippen molar-refractivity contribution >= 4 is 5.91 Å². The molecule has 1 heterocycles. The maximum absolute atomic E-state index is 12.3. The average molecular weight is 208 g/mol. The topological polar surface area (TPSA) is 32.3 Å². The van der Waals surface area contributed by atoms with Crippen LogP contribution in [0.2, 0.25) is 0 Å². The average Bonchev–Trinajstić information content (AvgIpc) is 2.71. The van der Waals surface area contributed by atoms with Gasteiger partial charge >= 0.3 is 0 Å². The lowest BCUT2D eigenvalue weighted by Gasteiger charge is -2.29. The molecule has 2 aliphatic carbocycles. The van der Waals surface area contributed by atoms with Crippen LogP contribution in [-0.4, -0.2) is 28.6 Å². The van der Waals surface area contributed by atoms with Gasteiger partial charge in [-0.3, -0.25) is 10.1 Å². The highest BCUT2D eigenvalue weighted by molar-refractivity contribution is 5.92. The first kappa shape index (κ1) is 9.64. The Morgan fingerprint density at radius 2 is 2.07 bits per heavy atom. The maximum Gasteiger partial charge on any atom is 0.244 e. The smallest absolute Gasteiger partial charge is 0.244 e. The summed E-state index contributed by atoms with van der Waals surface area (Å²) in [5.74, 6) is 0.404. The van der Waals surface area contributed by atoms with Crippen molar-refractivity contribution in [2.75, 3.05) is 0 Å². The Bertz CT molecular complexity index is 279. The molecule has 0 bridgehead atoms. The minimum absolute atomic E-state index is 0.108. The van der Waals surface area contributed by atoms with Crippen LogP contribution in [0, 0.1) is 0 Å². The Balaban J connectivity index is 1.81. The molecule has 1 saturated heterocycles. The quantitative estimate of drug-likeness (QED) is 0.748. The molecule has 1 spiro atoms. The van der Waals surface area contributed by atoms with Crippen LogP contribution >= 0.6 is 0 Å². The van der Waals surface area contributed by atoms with Crippen LogP contribution < -0.4 is 5.32 Å². The molecule has 1 aliphatic heterocycles. The van der Waals surface area contributed by atoms with Gasteiger partial charge in [-0.05, 0) is 32.1 Å². The van der Waals surface area contributed by atoms with Gasteiger partial charge in [0.1, 0.15) is 0 Å². The van der Waals surface area contributed by atoms with E-state index in [1.807, 2.05) is 0 Å². The van der Waals surface area contributed by atoms with Crippen molar-refractivity contribution in [3.8, 4) is 0 Å². The van der Waals surface area contributed by atoms with E-state index in [-0.39, 0.29) is 5.54 Å². The third-order valence-electron chi connectivity index (χ3n) is 4.28. The summed E-state index contributed by atoms with van der Waals surface area (Å²) in [6, 6.07) is 0.537. The molecule has 0 aromatic heterocycles. The first-order valence-electron chi connectivity index (χ1n) is 6.37. The van der Waals surface area contributed by atoms with Gasteiger partial charge < -0.3 is 4.90 Å². The zero-order chi connectivity index (χ0) is 10.5. The Kier molecular flexibility index (Phi) is 2.06. The lowest BCUT2D eigenvalue weighted by Crippen LogP contribution is -2.43. The second-order valence-electron chi connectivity index (χ2n) is 5.30. The van der Waals surface area contributed by atoms with Crippen molar-refractivity contribution in [2.45, 2.75) is 69.6 Å². The summed E-state index contributed by atoms with van der Waals surface area (Å²) >= 11 is 0. The first-order chi connectivity index (χ1) is 7.27. The Morgan fingerprint density at radius 1 is 1.40 bits per heavy atom. The molecule has 1 unspecified atom stereocenters. The first-order valence-corrected chi connectivity index (χ1v) is 6.37. The van der Waals surface area contributed by atoms with Gasteiger partial charge in [-0.15, -0.1) is 0 Å². The Morgan fingerprint density at radius 3 is 2.60 bits per heavy atom. The second-order valence-corrected chi connectivity index (χ2v) is 5.30. The molecule has 3 rings (SSSR count). The molecule has 0 aromatic carbocycles. The van der Waals surface area contributed by atoms with Gasteiger partial charge in [0.25, 0.3) is 0 Å². The van der Waals surface area contributed by atoms with Gasteiger partial charge in [-0.25, -0.2) is 0 Å². The van der Waals surface area contributed by atoms with Gasteiger partial charge in [-0.2, -0.15) is 0 Å². The van der Waals surface area contributed by atoms with E-state index in [0.717, 1.165) is 19.3 Å². The number of nitrogens with zero attached hydrogens (tertiary/aromatic N) is 1. The normalized spacial score (nSPS) is 34.3. The van der Waals surface area contributed by atoms with E-state index in [2.05, 4.69) is 17.1 Å². The summed E-state index contributed by atoms with van der Waals surface area (Å²) in [7, 11) is 0. The second kappa shape index (κ2) is 3.21. The monoisotopic (exact) mass is 208 g/mol. The number of hydrogen-bond donors (Lipinski definition) is 1. The highest BCUT2D eigenvalue weighted by Crippen LogP contribution is 2.44. The molecule has 3 heteroatoms. The molecule has 84 valence electrons. The SMILES string of the molecule is CCC1NC2(CC2)C(=O)N1C1CCCC1. The van der Waals surface area contributed by atoms with Gasteiger partial charge in [0, 0.05) is 6.04 Å². The largest absolute Gasteiger partial charge is 0.323 e. The molecule has 1 atom stereocenters. The Labute approximate surface area is 91.2 Å². The number of amides is 1.